The molecule has 0 unspecified atom stereocenters. The van der Waals surface area contributed by atoms with Gasteiger partial charge in [-0.1, -0.05) is 11.6 Å². The van der Waals surface area contributed by atoms with Crippen molar-refractivity contribution in [3.63, 3.8) is 0 Å². The van der Waals surface area contributed by atoms with Crippen molar-refractivity contribution in [2.24, 2.45) is 0 Å². The summed E-state index contributed by atoms with van der Waals surface area (Å²) in [4.78, 5) is 11.7. The fraction of sp³-hybridized carbons (Fsp3) is 0.364. The predicted octanol–water partition coefficient (Wildman–Crippen LogP) is 1.60. The highest BCUT2D eigenvalue weighted by atomic mass is 35.5. The maximum absolute atomic E-state index is 11.7. The van der Waals surface area contributed by atoms with E-state index < -0.39 is 0 Å². The van der Waals surface area contributed by atoms with Crippen molar-refractivity contribution in [3.8, 4) is 0 Å². The Morgan fingerprint density at radius 3 is 2.73 bits per heavy atom. The van der Waals surface area contributed by atoms with Crippen LogP contribution in [0.15, 0.2) is 18.2 Å². The van der Waals surface area contributed by atoms with Crippen molar-refractivity contribution >= 4 is 17.5 Å². The van der Waals surface area contributed by atoms with Gasteiger partial charge in [0, 0.05) is 23.7 Å². The minimum absolute atomic E-state index is 0.0561. The van der Waals surface area contributed by atoms with Crippen molar-refractivity contribution in [1.82, 2.24) is 10.6 Å². The molecule has 1 amide bonds. The summed E-state index contributed by atoms with van der Waals surface area (Å²) in [5.41, 5.74) is 1.57. The molecule has 0 bridgehead atoms. The van der Waals surface area contributed by atoms with Crippen LogP contribution in [0.2, 0.25) is 5.02 Å². The summed E-state index contributed by atoms with van der Waals surface area (Å²) in [6.07, 6.45) is 0. The zero-order valence-electron chi connectivity index (χ0n) is 8.93. The van der Waals surface area contributed by atoms with E-state index >= 15 is 0 Å². The standard InChI is InChI=1S/C11H15ClN2O/c1-8-7-9(12)3-4-10(8)11(15)14-6-5-13-2/h3-4,7,13H,5-6H2,1-2H3,(H,14,15). The molecule has 0 atom stereocenters. The first-order chi connectivity index (χ1) is 7.15. The van der Waals surface area contributed by atoms with Crippen molar-refractivity contribution in [3.05, 3.63) is 34.3 Å². The second kappa shape index (κ2) is 5.73. The Bertz CT molecular complexity index is 352. The van der Waals surface area contributed by atoms with E-state index in [1.54, 1.807) is 18.2 Å². The lowest BCUT2D eigenvalue weighted by atomic mass is 10.1. The van der Waals surface area contributed by atoms with Crippen LogP contribution in [-0.4, -0.2) is 26.0 Å². The van der Waals surface area contributed by atoms with E-state index in [1.165, 1.54) is 0 Å². The third-order valence-corrected chi connectivity index (χ3v) is 2.33. The molecule has 0 aliphatic carbocycles. The van der Waals surface area contributed by atoms with Crippen molar-refractivity contribution < 1.29 is 4.79 Å². The van der Waals surface area contributed by atoms with Gasteiger partial charge in [-0.15, -0.1) is 0 Å². The SMILES string of the molecule is CNCCNC(=O)c1ccc(Cl)cc1C. The number of aryl methyl sites for hydroxylation is 1. The van der Waals surface area contributed by atoms with E-state index in [0.29, 0.717) is 17.1 Å². The third kappa shape index (κ3) is 3.53. The highest BCUT2D eigenvalue weighted by Gasteiger charge is 2.07. The lowest BCUT2D eigenvalue weighted by Crippen LogP contribution is -2.30. The molecule has 15 heavy (non-hydrogen) atoms. The number of carbonyl (C=O) groups is 1. The molecule has 0 aliphatic rings. The minimum atomic E-state index is -0.0561. The van der Waals surface area contributed by atoms with Gasteiger partial charge in [-0.05, 0) is 37.7 Å². The van der Waals surface area contributed by atoms with Gasteiger partial charge in [0.05, 0.1) is 0 Å². The Hall–Kier alpha value is -1.06. The number of carbonyl (C=O) groups excluding carboxylic acids is 1. The number of amides is 1. The normalized spacial score (nSPS) is 10.1. The molecule has 0 saturated carbocycles. The van der Waals surface area contributed by atoms with Crippen LogP contribution in [-0.2, 0) is 0 Å². The molecule has 0 radical (unpaired) electrons. The van der Waals surface area contributed by atoms with Gasteiger partial charge in [0.25, 0.3) is 5.91 Å². The molecular formula is C11H15ClN2O. The molecule has 2 N–H and O–H groups in total. The average molecular weight is 227 g/mol. The maximum atomic E-state index is 11.7. The number of hydrogen-bond donors (Lipinski definition) is 2. The third-order valence-electron chi connectivity index (χ3n) is 2.09. The average Bonchev–Trinajstić information content (AvgIpc) is 2.17. The van der Waals surface area contributed by atoms with Crippen molar-refractivity contribution in [2.75, 3.05) is 20.1 Å². The number of rotatable bonds is 4. The molecule has 0 aliphatic heterocycles. The molecule has 4 heteroatoms. The van der Waals surface area contributed by atoms with Crippen LogP contribution < -0.4 is 10.6 Å². The largest absolute Gasteiger partial charge is 0.351 e. The van der Waals surface area contributed by atoms with Crippen LogP contribution in [0, 0.1) is 6.92 Å². The Balaban J connectivity index is 2.65. The molecule has 1 rings (SSSR count). The van der Waals surface area contributed by atoms with Gasteiger partial charge in [0.1, 0.15) is 0 Å². The van der Waals surface area contributed by atoms with E-state index in [0.717, 1.165) is 12.1 Å². The molecule has 82 valence electrons. The van der Waals surface area contributed by atoms with E-state index in [4.69, 9.17) is 11.6 Å². The number of halogens is 1. The first kappa shape index (κ1) is 12.0. The Kier molecular flexibility index (Phi) is 4.59. The second-order valence-corrected chi connectivity index (χ2v) is 3.76. The molecule has 0 heterocycles. The first-order valence-electron chi connectivity index (χ1n) is 4.84. The summed E-state index contributed by atoms with van der Waals surface area (Å²) in [6, 6.07) is 5.25. The summed E-state index contributed by atoms with van der Waals surface area (Å²) in [5.74, 6) is -0.0561. The lowest BCUT2D eigenvalue weighted by Gasteiger charge is -2.07. The summed E-state index contributed by atoms with van der Waals surface area (Å²) < 4.78 is 0. The molecule has 0 aromatic heterocycles. The van der Waals surface area contributed by atoms with Crippen LogP contribution in [0.25, 0.3) is 0 Å². The quantitative estimate of drug-likeness (QED) is 0.766. The van der Waals surface area contributed by atoms with Crippen LogP contribution in [0.4, 0.5) is 0 Å². The van der Waals surface area contributed by atoms with Gasteiger partial charge in [-0.25, -0.2) is 0 Å². The predicted molar refractivity (Wildman–Crippen MR) is 62.4 cm³/mol. The number of benzene rings is 1. The first-order valence-corrected chi connectivity index (χ1v) is 5.22. The van der Waals surface area contributed by atoms with Gasteiger partial charge in [-0.2, -0.15) is 0 Å². The highest BCUT2D eigenvalue weighted by Crippen LogP contribution is 2.14. The Morgan fingerprint density at radius 1 is 1.40 bits per heavy atom. The highest BCUT2D eigenvalue weighted by molar-refractivity contribution is 6.30. The fourth-order valence-electron chi connectivity index (χ4n) is 1.28. The van der Waals surface area contributed by atoms with Gasteiger partial charge < -0.3 is 10.6 Å². The van der Waals surface area contributed by atoms with Crippen LogP contribution in [0.1, 0.15) is 15.9 Å². The molecule has 0 saturated heterocycles. The summed E-state index contributed by atoms with van der Waals surface area (Å²) in [5, 5.41) is 6.43. The lowest BCUT2D eigenvalue weighted by molar-refractivity contribution is 0.0953. The molecule has 1 aromatic carbocycles. The Morgan fingerprint density at radius 2 is 2.13 bits per heavy atom. The van der Waals surface area contributed by atoms with E-state index in [9.17, 15) is 4.79 Å². The monoisotopic (exact) mass is 226 g/mol. The topological polar surface area (TPSA) is 41.1 Å². The van der Waals surface area contributed by atoms with Gasteiger partial charge >= 0.3 is 0 Å². The van der Waals surface area contributed by atoms with E-state index in [1.807, 2.05) is 14.0 Å². The summed E-state index contributed by atoms with van der Waals surface area (Å²) >= 11 is 5.81. The van der Waals surface area contributed by atoms with Gasteiger partial charge in [0.2, 0.25) is 0 Å². The zero-order valence-corrected chi connectivity index (χ0v) is 9.69. The fourth-order valence-corrected chi connectivity index (χ4v) is 1.50. The summed E-state index contributed by atoms with van der Waals surface area (Å²) in [6.45, 7) is 3.26. The number of likely N-dealkylation sites (N-methyl/N-ethyl adjacent to an activating group) is 1. The van der Waals surface area contributed by atoms with Gasteiger partial charge in [-0.3, -0.25) is 4.79 Å². The van der Waals surface area contributed by atoms with E-state index in [2.05, 4.69) is 10.6 Å². The van der Waals surface area contributed by atoms with Crippen molar-refractivity contribution in [2.45, 2.75) is 6.92 Å². The smallest absolute Gasteiger partial charge is 0.251 e. The van der Waals surface area contributed by atoms with Crippen LogP contribution in [0.5, 0.6) is 0 Å². The van der Waals surface area contributed by atoms with Crippen LogP contribution in [0.3, 0.4) is 0 Å². The molecule has 0 fully saturated rings. The maximum Gasteiger partial charge on any atom is 0.251 e. The van der Waals surface area contributed by atoms with Gasteiger partial charge in [0.15, 0.2) is 0 Å². The molecule has 3 nitrogen and oxygen atoms in total. The molecular weight excluding hydrogens is 212 g/mol. The zero-order chi connectivity index (χ0) is 11.3. The summed E-state index contributed by atoms with van der Waals surface area (Å²) in [7, 11) is 1.85. The van der Waals surface area contributed by atoms with Crippen LogP contribution >= 0.6 is 11.6 Å². The Labute approximate surface area is 94.8 Å². The number of nitrogens with one attached hydrogen (secondary N) is 2. The number of hydrogen-bond acceptors (Lipinski definition) is 2. The minimum Gasteiger partial charge on any atom is -0.351 e. The second-order valence-electron chi connectivity index (χ2n) is 3.32. The van der Waals surface area contributed by atoms with E-state index in [-0.39, 0.29) is 5.91 Å². The molecule has 1 aromatic rings. The van der Waals surface area contributed by atoms with Crippen molar-refractivity contribution in [1.29, 1.82) is 0 Å². The molecule has 0 spiro atoms.